The molecule has 0 saturated heterocycles. The van der Waals surface area contributed by atoms with E-state index >= 15 is 0 Å². The number of likely N-dealkylation sites (N-methyl/N-ethyl adjacent to an activating group) is 1. The highest BCUT2D eigenvalue weighted by molar-refractivity contribution is 6.21. The van der Waals surface area contributed by atoms with E-state index in [9.17, 15) is 0 Å². The fraction of sp³-hybridized carbons (Fsp3) is 0.571. The van der Waals surface area contributed by atoms with Gasteiger partial charge in [0.2, 0.25) is 0 Å². The van der Waals surface area contributed by atoms with Gasteiger partial charge in [-0.05, 0) is 31.2 Å². The topological polar surface area (TPSA) is 32.7 Å². The Morgan fingerprint density at radius 3 is 2.44 bits per heavy atom. The summed E-state index contributed by atoms with van der Waals surface area (Å²) in [5, 5.41) is 8.88. The lowest BCUT2D eigenvalue weighted by molar-refractivity contribution is 0.202. The van der Waals surface area contributed by atoms with Crippen molar-refractivity contribution in [2.75, 3.05) is 32.8 Å². The summed E-state index contributed by atoms with van der Waals surface area (Å²) in [6, 6.07) is 7.87. The Hall–Kier alpha value is -0.770. The van der Waals surface area contributed by atoms with Crippen molar-refractivity contribution in [1.29, 1.82) is 0 Å². The third kappa shape index (κ3) is 4.84. The van der Waals surface area contributed by atoms with Crippen LogP contribution in [0.5, 0.6) is 5.75 Å². The molecule has 0 heterocycles. The van der Waals surface area contributed by atoms with Crippen LogP contribution in [0.3, 0.4) is 0 Å². The molecule has 0 radical (unpaired) electrons. The molecule has 0 aliphatic heterocycles. The monoisotopic (exact) mass is 271 g/mol. The molecule has 0 spiro atoms. The molecule has 0 aromatic heterocycles. The van der Waals surface area contributed by atoms with Crippen molar-refractivity contribution in [1.82, 2.24) is 4.90 Å². The second kappa shape index (κ2) is 8.35. The number of hydrogen-bond acceptors (Lipinski definition) is 3. The molecule has 18 heavy (non-hydrogen) atoms. The van der Waals surface area contributed by atoms with E-state index in [4.69, 9.17) is 21.4 Å². The van der Waals surface area contributed by atoms with E-state index < -0.39 is 0 Å². The fourth-order valence-corrected chi connectivity index (χ4v) is 2.13. The van der Waals surface area contributed by atoms with Crippen molar-refractivity contribution in [2.24, 2.45) is 0 Å². The van der Waals surface area contributed by atoms with Gasteiger partial charge in [0.15, 0.2) is 0 Å². The van der Waals surface area contributed by atoms with Crippen LogP contribution in [-0.2, 0) is 0 Å². The number of alkyl halides is 1. The summed E-state index contributed by atoms with van der Waals surface area (Å²) >= 11 is 6.38. The lowest BCUT2D eigenvalue weighted by Gasteiger charge is -2.22. The average molecular weight is 272 g/mol. The summed E-state index contributed by atoms with van der Waals surface area (Å²) in [6.07, 6.45) is 0. The van der Waals surface area contributed by atoms with Crippen LogP contribution in [-0.4, -0.2) is 42.9 Å². The molecule has 1 unspecified atom stereocenters. The molecule has 4 heteroatoms. The van der Waals surface area contributed by atoms with Gasteiger partial charge in [-0.25, -0.2) is 0 Å². The number of ether oxygens (including phenoxy) is 1. The Balaban J connectivity index is 2.57. The number of benzene rings is 1. The first-order valence-corrected chi connectivity index (χ1v) is 6.84. The van der Waals surface area contributed by atoms with Gasteiger partial charge in [0.05, 0.1) is 18.6 Å². The quantitative estimate of drug-likeness (QED) is 0.738. The van der Waals surface area contributed by atoms with Gasteiger partial charge in [0.25, 0.3) is 0 Å². The third-order valence-corrected chi connectivity index (χ3v) is 3.22. The average Bonchev–Trinajstić information content (AvgIpc) is 2.39. The van der Waals surface area contributed by atoms with Gasteiger partial charge in [-0.15, -0.1) is 11.6 Å². The summed E-state index contributed by atoms with van der Waals surface area (Å²) in [6.45, 7) is 7.17. The number of hydrogen-bond donors (Lipinski definition) is 1. The van der Waals surface area contributed by atoms with Gasteiger partial charge < -0.3 is 9.84 Å². The van der Waals surface area contributed by atoms with Gasteiger partial charge in [-0.1, -0.05) is 19.1 Å². The van der Waals surface area contributed by atoms with E-state index in [-0.39, 0.29) is 12.0 Å². The summed E-state index contributed by atoms with van der Waals surface area (Å²) in [7, 11) is 0. The van der Waals surface area contributed by atoms with Crippen LogP contribution in [0.2, 0.25) is 0 Å². The molecule has 0 saturated carbocycles. The van der Waals surface area contributed by atoms with Gasteiger partial charge in [0.1, 0.15) is 5.75 Å². The molecule has 1 rings (SSSR count). The molecular formula is C14H22ClNO2. The second-order valence-corrected chi connectivity index (χ2v) is 4.61. The highest BCUT2D eigenvalue weighted by atomic mass is 35.5. The predicted molar refractivity (Wildman–Crippen MR) is 75.4 cm³/mol. The Labute approximate surface area is 114 Å². The van der Waals surface area contributed by atoms with E-state index in [0.717, 1.165) is 24.4 Å². The van der Waals surface area contributed by atoms with E-state index in [1.165, 1.54) is 0 Å². The fourth-order valence-electron chi connectivity index (χ4n) is 1.79. The zero-order chi connectivity index (χ0) is 13.4. The van der Waals surface area contributed by atoms with Gasteiger partial charge >= 0.3 is 0 Å². The van der Waals surface area contributed by atoms with Gasteiger partial charge in [0, 0.05) is 13.1 Å². The summed E-state index contributed by atoms with van der Waals surface area (Å²) < 4.78 is 5.39. The first-order valence-electron chi connectivity index (χ1n) is 6.41. The van der Waals surface area contributed by atoms with Crippen molar-refractivity contribution in [3.8, 4) is 5.75 Å². The Bertz CT molecular complexity index is 329. The standard InChI is InChI=1S/C14H22ClNO2/c1-3-16(9-10-17)11-14(15)12-5-7-13(8-6-12)18-4-2/h5-8,14,17H,3-4,9-11H2,1-2H3. The number of nitrogens with zero attached hydrogens (tertiary/aromatic N) is 1. The maximum atomic E-state index is 8.95. The summed E-state index contributed by atoms with van der Waals surface area (Å²) in [4.78, 5) is 2.13. The van der Waals surface area contributed by atoms with E-state index in [1.54, 1.807) is 0 Å². The summed E-state index contributed by atoms with van der Waals surface area (Å²) in [5.41, 5.74) is 1.08. The smallest absolute Gasteiger partial charge is 0.119 e. The van der Waals surface area contributed by atoms with Crippen molar-refractivity contribution < 1.29 is 9.84 Å². The Morgan fingerprint density at radius 1 is 1.28 bits per heavy atom. The molecule has 102 valence electrons. The molecule has 0 aliphatic carbocycles. The van der Waals surface area contributed by atoms with Crippen molar-refractivity contribution in [2.45, 2.75) is 19.2 Å². The first-order chi connectivity index (χ1) is 8.71. The van der Waals surface area contributed by atoms with Crippen molar-refractivity contribution in [3.63, 3.8) is 0 Å². The van der Waals surface area contributed by atoms with E-state index in [2.05, 4.69) is 11.8 Å². The van der Waals surface area contributed by atoms with Crippen molar-refractivity contribution in [3.05, 3.63) is 29.8 Å². The maximum Gasteiger partial charge on any atom is 0.119 e. The van der Waals surface area contributed by atoms with Crippen LogP contribution in [0, 0.1) is 0 Å². The molecule has 1 aromatic carbocycles. The SMILES string of the molecule is CCOc1ccc(C(Cl)CN(CC)CCO)cc1. The number of aliphatic hydroxyl groups is 1. The molecule has 0 fully saturated rings. The molecule has 1 aromatic rings. The molecule has 0 aliphatic rings. The minimum absolute atomic E-state index is 0.0628. The van der Waals surface area contributed by atoms with Crippen LogP contribution in [0.4, 0.5) is 0 Å². The summed E-state index contributed by atoms with van der Waals surface area (Å²) in [5.74, 6) is 0.868. The normalized spacial score (nSPS) is 12.7. The minimum Gasteiger partial charge on any atom is -0.494 e. The minimum atomic E-state index is -0.0628. The highest BCUT2D eigenvalue weighted by Gasteiger charge is 2.12. The van der Waals surface area contributed by atoms with E-state index in [0.29, 0.717) is 13.2 Å². The molecule has 0 bridgehead atoms. The number of aliphatic hydroxyl groups excluding tert-OH is 1. The molecule has 3 nitrogen and oxygen atoms in total. The van der Waals surface area contributed by atoms with Crippen LogP contribution < -0.4 is 4.74 Å². The lowest BCUT2D eigenvalue weighted by Crippen LogP contribution is -2.29. The van der Waals surface area contributed by atoms with Crippen LogP contribution >= 0.6 is 11.6 Å². The Kier molecular flexibility index (Phi) is 7.09. The van der Waals surface area contributed by atoms with Crippen LogP contribution in [0.15, 0.2) is 24.3 Å². The molecular weight excluding hydrogens is 250 g/mol. The van der Waals surface area contributed by atoms with Crippen LogP contribution in [0.1, 0.15) is 24.8 Å². The zero-order valence-electron chi connectivity index (χ0n) is 11.1. The van der Waals surface area contributed by atoms with E-state index in [1.807, 2.05) is 31.2 Å². The molecule has 1 atom stereocenters. The lowest BCUT2D eigenvalue weighted by atomic mass is 10.1. The predicted octanol–water partition coefficient (Wildman–Crippen LogP) is 2.68. The second-order valence-electron chi connectivity index (χ2n) is 4.09. The van der Waals surface area contributed by atoms with Crippen molar-refractivity contribution >= 4 is 11.6 Å². The largest absolute Gasteiger partial charge is 0.494 e. The highest BCUT2D eigenvalue weighted by Crippen LogP contribution is 2.23. The number of halogens is 1. The first kappa shape index (κ1) is 15.3. The van der Waals surface area contributed by atoms with Crippen LogP contribution in [0.25, 0.3) is 0 Å². The van der Waals surface area contributed by atoms with Gasteiger partial charge in [-0.2, -0.15) is 0 Å². The maximum absolute atomic E-state index is 8.95. The zero-order valence-corrected chi connectivity index (χ0v) is 11.9. The third-order valence-electron chi connectivity index (χ3n) is 2.83. The molecule has 0 amide bonds. The number of rotatable bonds is 8. The molecule has 1 N–H and O–H groups in total. The Morgan fingerprint density at radius 2 is 1.94 bits per heavy atom. The van der Waals surface area contributed by atoms with Gasteiger partial charge in [-0.3, -0.25) is 4.90 Å².